The number of fused-ring (bicyclic) bond motifs is 1. The maximum Gasteiger partial charge on any atom is 0.303 e. The number of hydrazone groups is 1. The summed E-state index contributed by atoms with van der Waals surface area (Å²) in [5.74, 6) is -0.243. The molecule has 0 bridgehead atoms. The molecule has 0 radical (unpaired) electrons. The van der Waals surface area contributed by atoms with Crippen molar-refractivity contribution in [1.82, 2.24) is 5.43 Å². The molecule has 25 heavy (non-hydrogen) atoms. The summed E-state index contributed by atoms with van der Waals surface area (Å²) in [5, 5.41) is 12.9. The minimum Gasteiger partial charge on any atom is -0.494 e. The zero-order valence-corrected chi connectivity index (χ0v) is 15.4. The first-order valence-corrected chi connectivity index (χ1v) is 8.75. The molecule has 1 aliphatic carbocycles. The second kappa shape index (κ2) is 8.38. The van der Waals surface area contributed by atoms with Crippen LogP contribution >= 0.6 is 12.6 Å². The number of benzene rings is 1. The van der Waals surface area contributed by atoms with Gasteiger partial charge in [-0.1, -0.05) is 13.8 Å². The molecule has 0 heterocycles. The number of nitrogens with zero attached hydrogens (tertiary/aromatic N) is 1. The van der Waals surface area contributed by atoms with Crippen molar-refractivity contribution in [1.29, 1.82) is 0 Å². The molecule has 1 amide bonds. The van der Waals surface area contributed by atoms with Crippen molar-refractivity contribution in [2.45, 2.75) is 50.7 Å². The summed E-state index contributed by atoms with van der Waals surface area (Å²) in [5.41, 5.74) is 5.60. The van der Waals surface area contributed by atoms with Crippen molar-refractivity contribution >= 4 is 30.2 Å². The quantitative estimate of drug-likeness (QED) is 0.376. The van der Waals surface area contributed by atoms with Gasteiger partial charge in [0.2, 0.25) is 5.91 Å². The fraction of sp³-hybridized carbons (Fsp3) is 0.500. The lowest BCUT2D eigenvalue weighted by atomic mass is 10.1. The number of thiol groups is 1. The van der Waals surface area contributed by atoms with Gasteiger partial charge in [-0.2, -0.15) is 17.7 Å². The average Bonchev–Trinajstić information content (AvgIpc) is 2.90. The maximum atomic E-state index is 11.8. The maximum absolute atomic E-state index is 11.8. The highest BCUT2D eigenvalue weighted by atomic mass is 32.1. The Morgan fingerprint density at radius 2 is 2.12 bits per heavy atom. The molecule has 0 fully saturated rings. The van der Waals surface area contributed by atoms with Crippen LogP contribution in [0.1, 0.15) is 50.7 Å². The number of hydrogen-bond acceptors (Lipinski definition) is 5. The molecule has 0 saturated carbocycles. The third-order valence-corrected chi connectivity index (χ3v) is 3.89. The lowest BCUT2D eigenvalue weighted by Crippen LogP contribution is -2.26. The van der Waals surface area contributed by atoms with Gasteiger partial charge in [0.05, 0.1) is 12.3 Å². The number of ether oxygens (including phenoxy) is 1. The van der Waals surface area contributed by atoms with E-state index in [-0.39, 0.29) is 17.1 Å². The molecule has 2 N–H and O–H groups in total. The number of nitrogens with one attached hydrogen (secondary N) is 1. The van der Waals surface area contributed by atoms with Crippen LogP contribution in [0.2, 0.25) is 0 Å². The predicted octanol–water partition coefficient (Wildman–Crippen LogP) is 2.80. The van der Waals surface area contributed by atoms with Crippen LogP contribution < -0.4 is 10.2 Å². The Balaban J connectivity index is 1.93. The predicted molar refractivity (Wildman–Crippen MR) is 99.5 cm³/mol. The third kappa shape index (κ3) is 6.42. The van der Waals surface area contributed by atoms with Gasteiger partial charge in [-0.05, 0) is 43.0 Å². The molecule has 1 aliphatic rings. The van der Waals surface area contributed by atoms with Crippen LogP contribution in [0.15, 0.2) is 23.3 Å². The van der Waals surface area contributed by atoms with Gasteiger partial charge in [0.25, 0.3) is 0 Å². The smallest absolute Gasteiger partial charge is 0.303 e. The van der Waals surface area contributed by atoms with Gasteiger partial charge in [0.1, 0.15) is 5.75 Å². The van der Waals surface area contributed by atoms with E-state index in [0.717, 1.165) is 35.4 Å². The molecule has 2 rings (SSSR count). The van der Waals surface area contributed by atoms with E-state index in [0.29, 0.717) is 19.4 Å². The molecule has 136 valence electrons. The second-order valence-electron chi connectivity index (χ2n) is 6.75. The van der Waals surface area contributed by atoms with E-state index in [1.54, 1.807) is 0 Å². The van der Waals surface area contributed by atoms with Gasteiger partial charge in [0, 0.05) is 23.2 Å². The third-order valence-electron chi connectivity index (χ3n) is 3.73. The molecule has 7 heteroatoms. The minimum atomic E-state index is -0.818. The van der Waals surface area contributed by atoms with Crippen LogP contribution in [-0.2, 0) is 16.0 Å². The molecule has 0 aliphatic heterocycles. The number of hydrogen-bond donors (Lipinski definition) is 3. The number of carboxylic acids is 1. The van der Waals surface area contributed by atoms with Crippen molar-refractivity contribution in [3.8, 4) is 5.75 Å². The Hall–Kier alpha value is -2.02. The largest absolute Gasteiger partial charge is 0.494 e. The van der Waals surface area contributed by atoms with Crippen LogP contribution in [0.3, 0.4) is 0 Å². The Kier molecular flexibility index (Phi) is 6.47. The summed E-state index contributed by atoms with van der Waals surface area (Å²) in [7, 11) is 0. The monoisotopic (exact) mass is 364 g/mol. The number of aryl methyl sites for hydroxylation is 1. The lowest BCUT2D eigenvalue weighted by molar-refractivity contribution is -0.137. The van der Waals surface area contributed by atoms with E-state index in [9.17, 15) is 9.59 Å². The lowest BCUT2D eigenvalue weighted by Gasteiger charge is -2.15. The number of amides is 1. The Labute approximate surface area is 153 Å². The summed E-state index contributed by atoms with van der Waals surface area (Å²) >= 11 is 4.34. The van der Waals surface area contributed by atoms with Gasteiger partial charge >= 0.3 is 5.97 Å². The van der Waals surface area contributed by atoms with Crippen LogP contribution in [0.5, 0.6) is 5.75 Å². The normalized spacial score (nSPS) is 15.1. The average molecular weight is 364 g/mol. The Bertz CT molecular complexity index is 680. The fourth-order valence-electron chi connectivity index (χ4n) is 2.63. The van der Waals surface area contributed by atoms with Crippen LogP contribution in [0, 0.1) is 0 Å². The van der Waals surface area contributed by atoms with Gasteiger partial charge in [-0.3, -0.25) is 9.59 Å². The zero-order chi connectivity index (χ0) is 18.4. The first kappa shape index (κ1) is 19.3. The molecule has 6 nitrogen and oxygen atoms in total. The number of rotatable bonds is 8. The number of carbonyl (C=O) groups is 2. The highest BCUT2D eigenvalue weighted by Crippen LogP contribution is 2.27. The summed E-state index contributed by atoms with van der Waals surface area (Å²) in [6, 6.07) is 5.73. The number of aliphatic carboxylic acids is 1. The molecule has 0 spiro atoms. The van der Waals surface area contributed by atoms with Gasteiger partial charge in [0.15, 0.2) is 0 Å². The van der Waals surface area contributed by atoms with Crippen molar-refractivity contribution in [3.05, 3.63) is 29.3 Å². The summed E-state index contributed by atoms with van der Waals surface area (Å²) < 4.78 is 5.22. The fourth-order valence-corrected chi connectivity index (χ4v) is 2.77. The molecular formula is C18H24N2O4S. The van der Waals surface area contributed by atoms with Gasteiger partial charge in [-0.15, -0.1) is 0 Å². The SMILES string of the molecule is CC(C)(S)CC(=O)N/N=C1\CCc2cc(OCCCC(=O)O)ccc21. The molecule has 0 unspecified atom stereocenters. The van der Waals surface area contributed by atoms with E-state index in [1.165, 1.54) is 0 Å². The van der Waals surface area contributed by atoms with Gasteiger partial charge in [-0.25, -0.2) is 5.43 Å². The molecule has 1 aromatic rings. The topological polar surface area (TPSA) is 88.0 Å². The van der Waals surface area contributed by atoms with E-state index in [2.05, 4.69) is 23.2 Å². The van der Waals surface area contributed by atoms with Crippen LogP contribution in [0.4, 0.5) is 0 Å². The second-order valence-corrected chi connectivity index (χ2v) is 7.96. The van der Waals surface area contributed by atoms with Crippen molar-refractivity contribution in [2.75, 3.05) is 6.61 Å². The van der Waals surface area contributed by atoms with Crippen molar-refractivity contribution < 1.29 is 19.4 Å². The first-order chi connectivity index (χ1) is 11.7. The number of carboxylic acid groups (broad SMARTS) is 1. The first-order valence-electron chi connectivity index (χ1n) is 8.30. The standard InChI is InChI=1S/C18H24N2O4S/c1-18(2,25)11-16(21)20-19-15-8-5-12-10-13(6-7-14(12)15)24-9-3-4-17(22)23/h6-7,10,25H,3-5,8-9,11H2,1-2H3,(H,20,21)(H,22,23)/b19-15+. The number of carbonyl (C=O) groups excluding carboxylic acids is 1. The van der Waals surface area contributed by atoms with E-state index >= 15 is 0 Å². The highest BCUT2D eigenvalue weighted by Gasteiger charge is 2.20. The highest BCUT2D eigenvalue weighted by molar-refractivity contribution is 7.81. The Morgan fingerprint density at radius 1 is 1.36 bits per heavy atom. The van der Waals surface area contributed by atoms with Crippen molar-refractivity contribution in [3.63, 3.8) is 0 Å². The van der Waals surface area contributed by atoms with Crippen molar-refractivity contribution in [2.24, 2.45) is 5.10 Å². The molecule has 1 aromatic carbocycles. The van der Waals surface area contributed by atoms with E-state index in [1.807, 2.05) is 32.0 Å². The van der Waals surface area contributed by atoms with E-state index < -0.39 is 5.97 Å². The summed E-state index contributed by atoms with van der Waals surface area (Å²) in [6.45, 7) is 4.14. The van der Waals surface area contributed by atoms with E-state index in [4.69, 9.17) is 9.84 Å². The minimum absolute atomic E-state index is 0.102. The summed E-state index contributed by atoms with van der Waals surface area (Å²) in [4.78, 5) is 22.3. The molecule has 0 saturated heterocycles. The molecule has 0 aromatic heterocycles. The Morgan fingerprint density at radius 3 is 2.80 bits per heavy atom. The zero-order valence-electron chi connectivity index (χ0n) is 14.5. The molecule has 0 atom stereocenters. The summed E-state index contributed by atoms with van der Waals surface area (Å²) in [6.07, 6.45) is 2.48. The van der Waals surface area contributed by atoms with Gasteiger partial charge < -0.3 is 9.84 Å². The van der Waals surface area contributed by atoms with Crippen LogP contribution in [-0.4, -0.2) is 34.0 Å². The van der Waals surface area contributed by atoms with Crippen LogP contribution in [0.25, 0.3) is 0 Å². The molecular weight excluding hydrogens is 340 g/mol.